The van der Waals surface area contributed by atoms with Gasteiger partial charge in [-0.1, -0.05) is 11.3 Å². The molecule has 0 amide bonds. The number of sulfonamides is 1. The molecule has 6 nitrogen and oxygen atoms in total. The summed E-state index contributed by atoms with van der Waals surface area (Å²) in [5.41, 5.74) is 0.311. The van der Waals surface area contributed by atoms with Crippen LogP contribution in [0.25, 0.3) is 0 Å². The third kappa shape index (κ3) is 2.41. The highest BCUT2D eigenvalue weighted by atomic mass is 32.2. The molecule has 0 atom stereocenters. The monoisotopic (exact) mass is 238 g/mol. The van der Waals surface area contributed by atoms with Crippen molar-refractivity contribution >= 4 is 21.4 Å². The Hall–Kier alpha value is -0.700. The zero-order chi connectivity index (χ0) is 10.8. The van der Waals surface area contributed by atoms with Gasteiger partial charge in [0.25, 0.3) is 10.0 Å². The van der Waals surface area contributed by atoms with Gasteiger partial charge in [0.1, 0.15) is 0 Å². The number of aryl methyl sites for hydroxylation is 1. The first-order chi connectivity index (χ1) is 6.47. The minimum Gasteiger partial charge on any atom is -0.395 e. The molecule has 0 spiro atoms. The van der Waals surface area contributed by atoms with Gasteiger partial charge in [-0.15, -0.1) is 0 Å². The molecule has 80 valence electrons. The molecule has 0 fully saturated rings. The molecule has 1 aromatic rings. The number of thiazole rings is 1. The first kappa shape index (κ1) is 11.4. The summed E-state index contributed by atoms with van der Waals surface area (Å²) < 4.78 is 25.0. The van der Waals surface area contributed by atoms with Crippen molar-refractivity contribution in [3.8, 4) is 0 Å². The van der Waals surface area contributed by atoms with Crippen molar-refractivity contribution in [2.45, 2.75) is 11.1 Å². The minimum absolute atomic E-state index is 0.0315. The van der Waals surface area contributed by atoms with Crippen molar-refractivity contribution in [3.63, 3.8) is 0 Å². The molecule has 3 N–H and O–H groups in total. The number of aromatic nitrogens is 1. The van der Waals surface area contributed by atoms with E-state index in [1.165, 1.54) is 6.92 Å². The number of aliphatic hydroxyl groups is 1. The molecular formula is C6H10N2O4S2. The van der Waals surface area contributed by atoms with Crippen molar-refractivity contribution in [3.05, 3.63) is 15.4 Å². The third-order valence-electron chi connectivity index (χ3n) is 1.43. The summed E-state index contributed by atoms with van der Waals surface area (Å²) in [7, 11) is -3.65. The van der Waals surface area contributed by atoms with E-state index in [1.54, 1.807) is 0 Å². The summed E-state index contributed by atoms with van der Waals surface area (Å²) in [6, 6.07) is 0. The second-order valence-electron chi connectivity index (χ2n) is 2.55. The molecule has 14 heavy (non-hydrogen) atoms. The smallest absolute Gasteiger partial charge is 0.305 e. The van der Waals surface area contributed by atoms with Crippen LogP contribution in [-0.4, -0.2) is 31.7 Å². The van der Waals surface area contributed by atoms with Crippen molar-refractivity contribution in [1.82, 2.24) is 9.71 Å². The normalized spacial score (nSPS) is 11.9. The zero-order valence-corrected chi connectivity index (χ0v) is 9.04. The van der Waals surface area contributed by atoms with Crippen molar-refractivity contribution in [2.75, 3.05) is 13.2 Å². The maximum absolute atomic E-state index is 11.5. The van der Waals surface area contributed by atoms with Gasteiger partial charge in [0.2, 0.25) is 0 Å². The number of aliphatic hydroxyl groups excluding tert-OH is 1. The van der Waals surface area contributed by atoms with Crippen molar-refractivity contribution in [1.29, 1.82) is 0 Å². The Bertz CT molecular complexity index is 458. The van der Waals surface area contributed by atoms with Crippen molar-refractivity contribution in [2.24, 2.45) is 0 Å². The topological polar surface area (TPSA) is 99.3 Å². The van der Waals surface area contributed by atoms with Crippen LogP contribution in [0.2, 0.25) is 0 Å². The molecule has 8 heteroatoms. The fourth-order valence-corrected chi connectivity index (χ4v) is 3.26. The van der Waals surface area contributed by atoms with Crippen LogP contribution in [0.4, 0.5) is 0 Å². The first-order valence-electron chi connectivity index (χ1n) is 3.77. The van der Waals surface area contributed by atoms with Crippen LogP contribution in [0.3, 0.4) is 0 Å². The van der Waals surface area contributed by atoms with Gasteiger partial charge >= 0.3 is 4.87 Å². The largest absolute Gasteiger partial charge is 0.395 e. The van der Waals surface area contributed by atoms with E-state index in [1.807, 2.05) is 0 Å². The van der Waals surface area contributed by atoms with E-state index in [4.69, 9.17) is 5.11 Å². The minimum atomic E-state index is -3.65. The Morgan fingerprint density at radius 2 is 2.21 bits per heavy atom. The number of hydrogen-bond acceptors (Lipinski definition) is 5. The van der Waals surface area contributed by atoms with Gasteiger partial charge in [-0.25, -0.2) is 13.1 Å². The number of hydrogen-bond donors (Lipinski definition) is 3. The van der Waals surface area contributed by atoms with E-state index in [0.717, 1.165) is 0 Å². The summed E-state index contributed by atoms with van der Waals surface area (Å²) in [6.45, 7) is 1.16. The third-order valence-corrected chi connectivity index (χ3v) is 4.49. The van der Waals surface area contributed by atoms with Gasteiger partial charge < -0.3 is 10.1 Å². The summed E-state index contributed by atoms with van der Waals surface area (Å²) in [5, 5.41) is 8.46. The van der Waals surface area contributed by atoms with Crippen LogP contribution in [-0.2, 0) is 10.0 Å². The average molecular weight is 238 g/mol. The Kier molecular flexibility index (Phi) is 3.43. The Morgan fingerprint density at radius 1 is 1.57 bits per heavy atom. The van der Waals surface area contributed by atoms with Gasteiger partial charge in [0, 0.05) is 12.2 Å². The highest BCUT2D eigenvalue weighted by molar-refractivity contribution is 7.91. The maximum Gasteiger partial charge on any atom is 0.305 e. The van der Waals surface area contributed by atoms with E-state index in [0.29, 0.717) is 17.0 Å². The molecule has 0 aliphatic heterocycles. The van der Waals surface area contributed by atoms with Crippen molar-refractivity contribution < 1.29 is 13.5 Å². The van der Waals surface area contributed by atoms with Crippen LogP contribution in [0.15, 0.2) is 9.00 Å². The summed E-state index contributed by atoms with van der Waals surface area (Å²) >= 11 is 0.629. The summed E-state index contributed by atoms with van der Waals surface area (Å²) in [6.07, 6.45) is 0. The van der Waals surface area contributed by atoms with E-state index in [-0.39, 0.29) is 17.4 Å². The summed E-state index contributed by atoms with van der Waals surface area (Å²) in [4.78, 5) is 12.8. The molecule has 0 aromatic carbocycles. The van der Waals surface area contributed by atoms with Gasteiger partial charge in [0.15, 0.2) is 4.21 Å². The average Bonchev–Trinajstić information content (AvgIpc) is 2.42. The van der Waals surface area contributed by atoms with Crippen LogP contribution in [0, 0.1) is 6.92 Å². The van der Waals surface area contributed by atoms with Crippen LogP contribution in [0.5, 0.6) is 0 Å². The fourth-order valence-electron chi connectivity index (χ4n) is 0.892. The Morgan fingerprint density at radius 3 is 2.64 bits per heavy atom. The molecule has 0 unspecified atom stereocenters. The van der Waals surface area contributed by atoms with Crippen LogP contribution in [0.1, 0.15) is 5.69 Å². The van der Waals surface area contributed by atoms with E-state index < -0.39 is 14.9 Å². The maximum atomic E-state index is 11.5. The Labute approximate surface area is 84.7 Å². The molecule has 0 aliphatic rings. The zero-order valence-electron chi connectivity index (χ0n) is 7.40. The predicted molar refractivity (Wildman–Crippen MR) is 52.0 cm³/mol. The molecule has 0 radical (unpaired) electrons. The molecule has 0 aliphatic carbocycles. The Balaban J connectivity index is 3.04. The lowest BCUT2D eigenvalue weighted by Gasteiger charge is -2.02. The fraction of sp³-hybridized carbons (Fsp3) is 0.500. The quantitative estimate of drug-likeness (QED) is 0.627. The molecule has 0 bridgehead atoms. The first-order valence-corrected chi connectivity index (χ1v) is 6.07. The molecule has 1 rings (SSSR count). The number of rotatable bonds is 4. The predicted octanol–water partition coefficient (Wildman–Crippen LogP) is -0.985. The number of H-pyrrole nitrogens is 1. The van der Waals surface area contributed by atoms with Crippen LogP contribution < -0.4 is 9.60 Å². The van der Waals surface area contributed by atoms with E-state index >= 15 is 0 Å². The highest BCUT2D eigenvalue weighted by Gasteiger charge is 2.19. The highest BCUT2D eigenvalue weighted by Crippen LogP contribution is 2.14. The SMILES string of the molecule is Cc1[nH]c(=O)sc1S(=O)(=O)NCCO. The lowest BCUT2D eigenvalue weighted by molar-refractivity contribution is 0.301. The summed E-state index contributed by atoms with van der Waals surface area (Å²) in [5.74, 6) is 0. The van der Waals surface area contributed by atoms with Gasteiger partial charge in [-0.3, -0.25) is 4.79 Å². The van der Waals surface area contributed by atoms with E-state index in [2.05, 4.69) is 9.71 Å². The number of aromatic amines is 1. The molecular weight excluding hydrogens is 228 g/mol. The molecule has 0 saturated carbocycles. The number of nitrogens with one attached hydrogen (secondary N) is 2. The van der Waals surface area contributed by atoms with Gasteiger partial charge in [0.05, 0.1) is 6.61 Å². The standard InChI is InChI=1S/C6H10N2O4S2/c1-4-5(13-6(10)8-4)14(11,12)7-2-3-9/h7,9H,2-3H2,1H3,(H,8,10). The van der Waals surface area contributed by atoms with Gasteiger partial charge in [-0.05, 0) is 6.92 Å². The lowest BCUT2D eigenvalue weighted by atomic mass is 10.6. The molecule has 0 saturated heterocycles. The second-order valence-corrected chi connectivity index (χ2v) is 5.49. The molecule has 1 heterocycles. The van der Waals surface area contributed by atoms with Crippen LogP contribution >= 0.6 is 11.3 Å². The molecule has 1 aromatic heterocycles. The van der Waals surface area contributed by atoms with E-state index in [9.17, 15) is 13.2 Å². The second kappa shape index (κ2) is 4.22. The lowest BCUT2D eigenvalue weighted by Crippen LogP contribution is -2.26. The van der Waals surface area contributed by atoms with Gasteiger partial charge in [-0.2, -0.15) is 0 Å².